The number of anilines is 2. The quantitative estimate of drug-likeness (QED) is 0.242. The number of likely N-dealkylation sites (N-methyl/N-ethyl adjacent to an activating group) is 2. The minimum absolute atomic E-state index is 0.0357. The summed E-state index contributed by atoms with van der Waals surface area (Å²) in [6.07, 6.45) is 2.75. The maximum Gasteiger partial charge on any atom is 0.253 e. The maximum absolute atomic E-state index is 16.1. The van der Waals surface area contributed by atoms with Crippen LogP contribution in [0, 0.1) is 17.5 Å². The van der Waals surface area contributed by atoms with Gasteiger partial charge in [-0.25, -0.2) is 17.6 Å². The zero-order valence-electron chi connectivity index (χ0n) is 28.4. The Labute approximate surface area is 289 Å². The normalized spacial score (nSPS) is 18.6. The van der Waals surface area contributed by atoms with Crippen LogP contribution in [0.2, 0.25) is 0 Å². The van der Waals surface area contributed by atoms with E-state index >= 15 is 13.2 Å². The molecule has 0 saturated carbocycles. The SMILES string of the molecule is CC1COc2c(N3CCN(C)CC3)c(F)cc3c(=O)c(-c4nnc(-c5cn(CCF)c6c(F)c(N7CCN(C)CC7)c(F)cc6c5=O)o4)cn1c23. The van der Waals surface area contributed by atoms with E-state index in [1.54, 1.807) is 11.1 Å². The first-order valence-corrected chi connectivity index (χ1v) is 16.9. The highest BCUT2D eigenvalue weighted by molar-refractivity contribution is 5.94. The summed E-state index contributed by atoms with van der Waals surface area (Å²) in [5, 5.41) is 7.81. The standard InChI is InChI=1S/C35H36F4N8O4/c1-19-18-50-33-28-21(15-25(38)30(33)45-12-8-43(3)9-13-45)32(49)23(17-47(19)28)35-41-40-34(51-35)22-16-46(5-4-36)27-20(31(22)48)14-24(37)29(26(27)39)44-10-6-42(2)7-11-44/h14-17,19H,4-13,18H2,1-3H3. The van der Waals surface area contributed by atoms with Crippen molar-refractivity contribution in [3.05, 3.63) is 62.4 Å². The van der Waals surface area contributed by atoms with Crippen LogP contribution in [0.25, 0.3) is 44.7 Å². The number of hydrogen-bond acceptors (Lipinski definition) is 10. The van der Waals surface area contributed by atoms with Crippen LogP contribution >= 0.6 is 0 Å². The van der Waals surface area contributed by atoms with Gasteiger partial charge in [0.2, 0.25) is 10.9 Å². The number of alkyl halides is 1. The van der Waals surface area contributed by atoms with Crippen LogP contribution in [0.4, 0.5) is 28.9 Å². The molecule has 2 aromatic carbocycles. The minimum Gasteiger partial charge on any atom is -0.487 e. The highest BCUT2D eigenvalue weighted by Gasteiger charge is 2.32. The Hall–Kier alpha value is -4.96. The molecule has 2 saturated heterocycles. The van der Waals surface area contributed by atoms with E-state index in [1.807, 2.05) is 35.4 Å². The first-order chi connectivity index (χ1) is 24.5. The van der Waals surface area contributed by atoms with Crippen molar-refractivity contribution in [2.75, 3.05) is 89.5 Å². The van der Waals surface area contributed by atoms with Crippen LogP contribution in [0.15, 0.2) is 38.5 Å². The van der Waals surface area contributed by atoms with Gasteiger partial charge in [-0.1, -0.05) is 0 Å². The van der Waals surface area contributed by atoms with Crippen molar-refractivity contribution >= 4 is 33.2 Å². The van der Waals surface area contributed by atoms with Crippen molar-refractivity contribution in [2.45, 2.75) is 19.5 Å². The van der Waals surface area contributed by atoms with Crippen LogP contribution in [-0.2, 0) is 6.54 Å². The van der Waals surface area contributed by atoms with Crippen LogP contribution in [0.1, 0.15) is 13.0 Å². The van der Waals surface area contributed by atoms with Crippen molar-refractivity contribution in [3.63, 3.8) is 0 Å². The largest absolute Gasteiger partial charge is 0.487 e. The van der Waals surface area contributed by atoms with E-state index in [0.29, 0.717) is 56.2 Å². The van der Waals surface area contributed by atoms with Gasteiger partial charge in [0.15, 0.2) is 17.4 Å². The molecular formula is C35H36F4N8O4. The van der Waals surface area contributed by atoms with Crippen molar-refractivity contribution in [1.29, 1.82) is 0 Å². The molecule has 0 bridgehead atoms. The van der Waals surface area contributed by atoms with E-state index in [1.165, 1.54) is 16.8 Å². The fraction of sp³-hybridized carbons (Fsp3) is 0.429. The van der Waals surface area contributed by atoms with Gasteiger partial charge in [-0.15, -0.1) is 10.2 Å². The lowest BCUT2D eigenvalue weighted by Gasteiger charge is -2.37. The number of rotatable bonds is 6. The molecule has 0 aliphatic carbocycles. The van der Waals surface area contributed by atoms with Gasteiger partial charge in [0.25, 0.3) is 11.8 Å². The lowest BCUT2D eigenvalue weighted by Crippen LogP contribution is -2.45. The van der Waals surface area contributed by atoms with Gasteiger partial charge in [0, 0.05) is 64.8 Å². The number of aryl methyl sites for hydroxylation is 1. The lowest BCUT2D eigenvalue weighted by molar-refractivity contribution is 0.245. The second-order valence-corrected chi connectivity index (χ2v) is 13.5. The average Bonchev–Trinajstić information content (AvgIpc) is 3.59. The number of piperazine rings is 2. The number of nitrogens with zero attached hydrogens (tertiary/aromatic N) is 8. The van der Waals surface area contributed by atoms with Crippen LogP contribution < -0.4 is 25.4 Å². The maximum atomic E-state index is 16.1. The number of hydrogen-bond donors (Lipinski definition) is 0. The molecule has 5 aromatic rings. The molecule has 8 rings (SSSR count). The monoisotopic (exact) mass is 708 g/mol. The summed E-state index contributed by atoms with van der Waals surface area (Å²) in [7, 11) is 3.92. The van der Waals surface area contributed by atoms with Gasteiger partial charge in [-0.2, -0.15) is 0 Å². The summed E-state index contributed by atoms with van der Waals surface area (Å²) in [5.74, 6) is -2.76. The predicted molar refractivity (Wildman–Crippen MR) is 184 cm³/mol. The van der Waals surface area contributed by atoms with Gasteiger partial charge in [0.1, 0.15) is 41.6 Å². The number of ether oxygens (including phenoxy) is 1. The molecular weight excluding hydrogens is 672 g/mol. The first kappa shape index (κ1) is 33.2. The molecule has 0 spiro atoms. The molecule has 51 heavy (non-hydrogen) atoms. The van der Waals surface area contributed by atoms with Gasteiger partial charge in [0.05, 0.1) is 34.4 Å². The summed E-state index contributed by atoms with van der Waals surface area (Å²) in [5.41, 5.74) is -1.42. The molecule has 0 amide bonds. The van der Waals surface area contributed by atoms with Gasteiger partial charge < -0.3 is 37.9 Å². The van der Waals surface area contributed by atoms with E-state index < -0.39 is 35.0 Å². The van der Waals surface area contributed by atoms with E-state index in [2.05, 4.69) is 15.1 Å². The van der Waals surface area contributed by atoms with E-state index in [4.69, 9.17) is 9.15 Å². The van der Waals surface area contributed by atoms with Crippen molar-refractivity contribution in [3.8, 4) is 28.7 Å². The Balaban J connectivity index is 1.23. The summed E-state index contributed by atoms with van der Waals surface area (Å²) in [6.45, 7) is 5.49. The van der Waals surface area contributed by atoms with E-state index in [0.717, 1.165) is 19.2 Å². The highest BCUT2D eigenvalue weighted by atomic mass is 19.1. The second-order valence-electron chi connectivity index (χ2n) is 13.5. The van der Waals surface area contributed by atoms with Crippen molar-refractivity contribution in [2.24, 2.45) is 0 Å². The topological polar surface area (TPSA) is 105 Å². The Morgan fingerprint density at radius 2 is 1.29 bits per heavy atom. The molecule has 268 valence electrons. The van der Waals surface area contributed by atoms with Crippen LogP contribution in [0.3, 0.4) is 0 Å². The van der Waals surface area contributed by atoms with Crippen LogP contribution in [-0.4, -0.2) is 109 Å². The van der Waals surface area contributed by atoms with Gasteiger partial charge >= 0.3 is 0 Å². The predicted octanol–water partition coefficient (Wildman–Crippen LogP) is 3.88. The minimum atomic E-state index is -0.962. The third-order valence-electron chi connectivity index (χ3n) is 10.2. The summed E-state index contributed by atoms with van der Waals surface area (Å²) >= 11 is 0. The molecule has 3 aliphatic rings. The smallest absolute Gasteiger partial charge is 0.253 e. The van der Waals surface area contributed by atoms with Gasteiger partial charge in [-0.3, -0.25) is 9.59 Å². The molecule has 12 nitrogen and oxygen atoms in total. The number of aromatic nitrogens is 4. The molecule has 16 heteroatoms. The van der Waals surface area contributed by atoms with E-state index in [-0.39, 0.29) is 64.1 Å². The Bertz CT molecular complexity index is 2310. The van der Waals surface area contributed by atoms with Crippen molar-refractivity contribution < 1.29 is 26.7 Å². The summed E-state index contributed by atoms with van der Waals surface area (Å²) in [6, 6.07) is 1.91. The Morgan fingerprint density at radius 3 is 1.88 bits per heavy atom. The van der Waals surface area contributed by atoms with E-state index in [9.17, 15) is 14.0 Å². The molecule has 1 atom stereocenters. The molecule has 1 unspecified atom stereocenters. The zero-order valence-corrected chi connectivity index (χ0v) is 28.4. The van der Waals surface area contributed by atoms with Gasteiger partial charge in [-0.05, 0) is 33.2 Å². The number of halogens is 4. The Kier molecular flexibility index (Phi) is 8.25. The third kappa shape index (κ3) is 5.42. The molecule has 0 N–H and O–H groups in total. The molecule has 3 aromatic heterocycles. The zero-order chi connectivity index (χ0) is 35.7. The fourth-order valence-electron chi connectivity index (χ4n) is 7.35. The number of benzene rings is 2. The third-order valence-corrected chi connectivity index (χ3v) is 10.2. The van der Waals surface area contributed by atoms with Crippen LogP contribution in [0.5, 0.6) is 5.75 Å². The fourth-order valence-corrected chi connectivity index (χ4v) is 7.35. The molecule has 3 aliphatic heterocycles. The van der Waals surface area contributed by atoms with Crippen molar-refractivity contribution in [1.82, 2.24) is 29.1 Å². The highest BCUT2D eigenvalue weighted by Crippen LogP contribution is 2.43. The number of fused-ring (bicyclic) bond motifs is 1. The Morgan fingerprint density at radius 1 is 0.765 bits per heavy atom. The number of pyridine rings is 2. The lowest BCUT2D eigenvalue weighted by atomic mass is 10.1. The molecule has 0 radical (unpaired) electrons. The first-order valence-electron chi connectivity index (χ1n) is 16.9. The summed E-state index contributed by atoms with van der Waals surface area (Å²) < 4.78 is 76.3. The second kappa shape index (κ2) is 12.7. The molecule has 6 heterocycles. The average molecular weight is 709 g/mol. The summed E-state index contributed by atoms with van der Waals surface area (Å²) in [4.78, 5) is 35.5. The molecule has 2 fully saturated rings.